The lowest BCUT2D eigenvalue weighted by atomic mass is 10.0. The van der Waals surface area contributed by atoms with Crippen molar-refractivity contribution in [1.82, 2.24) is 5.32 Å². The largest absolute Gasteiger partial charge is 0.497 e. The first kappa shape index (κ1) is 19.8. The summed E-state index contributed by atoms with van der Waals surface area (Å²) < 4.78 is 11.1. The molecule has 4 nitrogen and oxygen atoms in total. The molecule has 2 rings (SSSR count). The minimum Gasteiger partial charge on any atom is -0.497 e. The summed E-state index contributed by atoms with van der Waals surface area (Å²) in [6.45, 7) is 9.93. The Morgan fingerprint density at radius 2 is 1.77 bits per heavy atom. The molecule has 2 unspecified atom stereocenters. The van der Waals surface area contributed by atoms with Crippen molar-refractivity contribution >= 4 is 5.91 Å². The van der Waals surface area contributed by atoms with Gasteiger partial charge in [-0.25, -0.2) is 0 Å². The van der Waals surface area contributed by atoms with Crippen LogP contribution in [0.15, 0.2) is 36.4 Å². The summed E-state index contributed by atoms with van der Waals surface area (Å²) in [4.78, 5) is 12.6. The van der Waals surface area contributed by atoms with Crippen LogP contribution in [-0.2, 0) is 4.79 Å². The summed E-state index contributed by atoms with van der Waals surface area (Å²) in [6, 6.07) is 11.8. The molecule has 0 saturated carbocycles. The second-order valence-electron chi connectivity index (χ2n) is 6.71. The zero-order valence-electron chi connectivity index (χ0n) is 16.6. The van der Waals surface area contributed by atoms with E-state index in [1.54, 1.807) is 14.0 Å². The van der Waals surface area contributed by atoms with Gasteiger partial charge in [-0.15, -0.1) is 0 Å². The molecular formula is C22H29NO3. The van der Waals surface area contributed by atoms with Crippen LogP contribution in [0.5, 0.6) is 11.5 Å². The molecule has 4 heteroatoms. The zero-order chi connectivity index (χ0) is 19.3. The summed E-state index contributed by atoms with van der Waals surface area (Å²) in [5.74, 6) is 1.45. The molecule has 0 radical (unpaired) electrons. The van der Waals surface area contributed by atoms with Crippen LogP contribution in [0.25, 0.3) is 0 Å². The smallest absolute Gasteiger partial charge is 0.261 e. The molecule has 1 N–H and O–H groups in total. The first-order valence-electron chi connectivity index (χ1n) is 9.04. The Bertz CT molecular complexity index is 753. The van der Waals surface area contributed by atoms with Crippen molar-refractivity contribution in [3.63, 3.8) is 0 Å². The molecule has 0 fully saturated rings. The van der Waals surface area contributed by atoms with Crippen LogP contribution >= 0.6 is 0 Å². The topological polar surface area (TPSA) is 47.6 Å². The van der Waals surface area contributed by atoms with Crippen LogP contribution in [0.3, 0.4) is 0 Å². The highest BCUT2D eigenvalue weighted by molar-refractivity contribution is 5.81. The minimum atomic E-state index is -0.567. The van der Waals surface area contributed by atoms with Gasteiger partial charge in [0.25, 0.3) is 5.91 Å². The molecule has 0 bridgehead atoms. The van der Waals surface area contributed by atoms with Crippen LogP contribution in [0, 0.1) is 20.8 Å². The Kier molecular flexibility index (Phi) is 6.67. The number of amides is 1. The lowest BCUT2D eigenvalue weighted by Gasteiger charge is -2.22. The number of hydrogen-bond donors (Lipinski definition) is 1. The van der Waals surface area contributed by atoms with Crippen molar-refractivity contribution in [3.8, 4) is 11.5 Å². The van der Waals surface area contributed by atoms with Gasteiger partial charge in [0, 0.05) is 0 Å². The number of aryl methyl sites for hydroxylation is 2. The quantitative estimate of drug-likeness (QED) is 0.786. The molecule has 0 aliphatic heterocycles. The Morgan fingerprint density at radius 1 is 1.12 bits per heavy atom. The van der Waals surface area contributed by atoms with Crippen molar-refractivity contribution in [1.29, 1.82) is 0 Å². The lowest BCUT2D eigenvalue weighted by molar-refractivity contribution is -0.128. The van der Waals surface area contributed by atoms with Crippen LogP contribution in [0.2, 0.25) is 0 Å². The molecule has 140 valence electrons. The SMILES string of the molecule is CCC(NC(=O)C(C)Oc1cc(C)cc(C)c1C)c1ccc(OC)cc1. The van der Waals surface area contributed by atoms with Crippen LogP contribution in [0.4, 0.5) is 0 Å². The number of hydrogen-bond acceptors (Lipinski definition) is 3. The number of ether oxygens (including phenoxy) is 2. The van der Waals surface area contributed by atoms with E-state index in [0.29, 0.717) is 0 Å². The Balaban J connectivity index is 2.07. The van der Waals surface area contributed by atoms with E-state index in [-0.39, 0.29) is 11.9 Å². The fourth-order valence-electron chi connectivity index (χ4n) is 2.91. The minimum absolute atomic E-state index is 0.0557. The molecular weight excluding hydrogens is 326 g/mol. The maximum absolute atomic E-state index is 12.6. The number of methoxy groups -OCH3 is 1. The lowest BCUT2D eigenvalue weighted by Crippen LogP contribution is -2.38. The van der Waals surface area contributed by atoms with Gasteiger partial charge in [-0.1, -0.05) is 25.1 Å². The third-order valence-corrected chi connectivity index (χ3v) is 4.68. The average Bonchev–Trinajstić information content (AvgIpc) is 2.63. The summed E-state index contributed by atoms with van der Waals surface area (Å²) in [7, 11) is 1.64. The van der Waals surface area contributed by atoms with E-state index in [0.717, 1.165) is 40.2 Å². The molecule has 2 aromatic carbocycles. The van der Waals surface area contributed by atoms with E-state index >= 15 is 0 Å². The van der Waals surface area contributed by atoms with Gasteiger partial charge in [0.2, 0.25) is 0 Å². The summed E-state index contributed by atoms with van der Waals surface area (Å²) in [6.07, 6.45) is 0.232. The molecule has 0 aromatic heterocycles. The van der Waals surface area contributed by atoms with E-state index in [4.69, 9.17) is 9.47 Å². The first-order valence-corrected chi connectivity index (χ1v) is 9.04. The number of carbonyl (C=O) groups excluding carboxylic acids is 1. The van der Waals surface area contributed by atoms with Crippen molar-refractivity contribution in [3.05, 3.63) is 58.7 Å². The summed E-state index contributed by atoms with van der Waals surface area (Å²) >= 11 is 0. The van der Waals surface area contributed by atoms with Gasteiger partial charge in [-0.3, -0.25) is 4.79 Å². The number of rotatable bonds is 7. The van der Waals surface area contributed by atoms with Crippen molar-refractivity contribution in [2.24, 2.45) is 0 Å². The van der Waals surface area contributed by atoms with Gasteiger partial charge in [0.05, 0.1) is 13.2 Å². The Labute approximate surface area is 156 Å². The molecule has 26 heavy (non-hydrogen) atoms. The average molecular weight is 355 g/mol. The van der Waals surface area contributed by atoms with Crippen LogP contribution in [-0.4, -0.2) is 19.1 Å². The standard InChI is InChI=1S/C22H29NO3/c1-7-20(18-8-10-19(25-6)11-9-18)23-22(24)17(5)26-21-13-14(2)12-15(3)16(21)4/h8-13,17,20H,7H2,1-6H3,(H,23,24). The highest BCUT2D eigenvalue weighted by Crippen LogP contribution is 2.25. The van der Waals surface area contributed by atoms with Gasteiger partial charge >= 0.3 is 0 Å². The van der Waals surface area contributed by atoms with Gasteiger partial charge in [-0.05, 0) is 74.6 Å². The fourth-order valence-corrected chi connectivity index (χ4v) is 2.91. The molecule has 0 aliphatic carbocycles. The third-order valence-electron chi connectivity index (χ3n) is 4.68. The first-order chi connectivity index (χ1) is 12.3. The molecule has 1 amide bonds. The van der Waals surface area contributed by atoms with E-state index < -0.39 is 6.10 Å². The van der Waals surface area contributed by atoms with Crippen molar-refractivity contribution < 1.29 is 14.3 Å². The van der Waals surface area contributed by atoms with Crippen LogP contribution in [0.1, 0.15) is 48.6 Å². The fraction of sp³-hybridized carbons (Fsp3) is 0.409. The number of benzene rings is 2. The highest BCUT2D eigenvalue weighted by Gasteiger charge is 2.20. The van der Waals surface area contributed by atoms with E-state index in [2.05, 4.69) is 25.2 Å². The molecule has 0 spiro atoms. The second-order valence-corrected chi connectivity index (χ2v) is 6.71. The van der Waals surface area contributed by atoms with Gasteiger partial charge in [0.15, 0.2) is 6.10 Å². The normalized spacial score (nSPS) is 13.0. The van der Waals surface area contributed by atoms with Gasteiger partial charge in [-0.2, -0.15) is 0 Å². The van der Waals surface area contributed by atoms with E-state index in [9.17, 15) is 4.79 Å². The Morgan fingerprint density at radius 3 is 2.35 bits per heavy atom. The van der Waals surface area contributed by atoms with Crippen LogP contribution < -0.4 is 14.8 Å². The van der Waals surface area contributed by atoms with Gasteiger partial charge in [0.1, 0.15) is 11.5 Å². The Hall–Kier alpha value is -2.49. The maximum atomic E-state index is 12.6. The number of carbonyl (C=O) groups is 1. The van der Waals surface area contributed by atoms with E-state index in [1.807, 2.05) is 44.2 Å². The maximum Gasteiger partial charge on any atom is 0.261 e. The second kappa shape index (κ2) is 8.75. The molecule has 0 heterocycles. The summed E-state index contributed by atoms with van der Waals surface area (Å²) in [5.41, 5.74) is 4.41. The highest BCUT2D eigenvalue weighted by atomic mass is 16.5. The molecule has 2 atom stereocenters. The van der Waals surface area contributed by atoms with Gasteiger partial charge < -0.3 is 14.8 Å². The third kappa shape index (κ3) is 4.78. The molecule has 0 saturated heterocycles. The van der Waals surface area contributed by atoms with E-state index in [1.165, 1.54) is 0 Å². The summed E-state index contributed by atoms with van der Waals surface area (Å²) in [5, 5.41) is 3.08. The number of nitrogens with one attached hydrogen (secondary N) is 1. The monoisotopic (exact) mass is 355 g/mol. The van der Waals surface area contributed by atoms with Crippen molar-refractivity contribution in [2.75, 3.05) is 7.11 Å². The molecule has 0 aliphatic rings. The zero-order valence-corrected chi connectivity index (χ0v) is 16.6. The molecule has 2 aromatic rings. The predicted molar refractivity (Wildman–Crippen MR) is 105 cm³/mol. The van der Waals surface area contributed by atoms with Crippen molar-refractivity contribution in [2.45, 2.75) is 53.2 Å². The predicted octanol–water partition coefficient (Wildman–Crippen LogP) is 4.66.